The Morgan fingerprint density at radius 1 is 1.29 bits per heavy atom. The van der Waals surface area contributed by atoms with Crippen molar-refractivity contribution in [3.8, 4) is 0 Å². The molecule has 0 bridgehead atoms. The molecule has 0 aliphatic heterocycles. The van der Waals surface area contributed by atoms with Crippen LogP contribution in [0.1, 0.15) is 16.8 Å². The number of nitrogens with one attached hydrogen (secondary N) is 1. The Bertz CT molecular complexity index is 837. The highest BCUT2D eigenvalue weighted by Crippen LogP contribution is 2.16. The van der Waals surface area contributed by atoms with Crippen molar-refractivity contribution >= 4 is 21.4 Å². The van der Waals surface area contributed by atoms with Gasteiger partial charge in [-0.05, 0) is 31.4 Å². The molecule has 108 valence electrons. The Morgan fingerprint density at radius 2 is 2.10 bits per heavy atom. The van der Waals surface area contributed by atoms with Crippen LogP contribution in [0.3, 0.4) is 0 Å². The van der Waals surface area contributed by atoms with Crippen LogP contribution in [0.15, 0.2) is 35.1 Å². The van der Waals surface area contributed by atoms with Gasteiger partial charge in [-0.25, -0.2) is 4.98 Å². The van der Waals surface area contributed by atoms with Crippen LogP contribution in [-0.4, -0.2) is 21.1 Å². The van der Waals surface area contributed by atoms with E-state index in [1.807, 2.05) is 19.1 Å². The summed E-state index contributed by atoms with van der Waals surface area (Å²) >= 11 is 1.39. The predicted molar refractivity (Wildman–Crippen MR) is 85.2 cm³/mol. The third-order valence-electron chi connectivity index (χ3n) is 3.30. The topological polar surface area (TPSA) is 59.3 Å². The van der Waals surface area contributed by atoms with Crippen LogP contribution < -0.4 is 10.9 Å². The molecule has 2 heterocycles. The maximum absolute atomic E-state index is 11.8. The summed E-state index contributed by atoms with van der Waals surface area (Å²) in [6, 6.07) is 9.82. The molecule has 0 saturated carbocycles. The molecule has 0 aliphatic carbocycles. The largest absolute Gasteiger partial charge is 0.360 e. The molecule has 0 atom stereocenters. The van der Waals surface area contributed by atoms with Gasteiger partial charge in [0.05, 0.1) is 0 Å². The van der Waals surface area contributed by atoms with Crippen molar-refractivity contribution in [3.05, 3.63) is 57.5 Å². The van der Waals surface area contributed by atoms with E-state index in [9.17, 15) is 4.79 Å². The summed E-state index contributed by atoms with van der Waals surface area (Å²) in [6.07, 6.45) is 0.921. The number of hydrogen-bond acceptors (Lipinski definition) is 5. The van der Waals surface area contributed by atoms with Crippen LogP contribution in [0.4, 0.5) is 5.13 Å². The molecule has 3 rings (SSSR count). The zero-order valence-electron chi connectivity index (χ0n) is 12.0. The van der Waals surface area contributed by atoms with Crippen LogP contribution in [0.25, 0.3) is 4.96 Å². The number of nitrogens with zero attached hydrogens (tertiary/aromatic N) is 3. The molecular weight excluding hydrogens is 284 g/mol. The van der Waals surface area contributed by atoms with Gasteiger partial charge in [-0.1, -0.05) is 35.6 Å². The minimum Gasteiger partial charge on any atom is -0.360 e. The van der Waals surface area contributed by atoms with Gasteiger partial charge in [0, 0.05) is 18.3 Å². The summed E-state index contributed by atoms with van der Waals surface area (Å²) in [6.45, 7) is 4.70. The molecule has 2 aromatic heterocycles. The molecule has 0 aliphatic rings. The van der Waals surface area contributed by atoms with E-state index in [0.717, 1.165) is 23.8 Å². The first-order valence-corrected chi connectivity index (χ1v) is 7.61. The lowest BCUT2D eigenvalue weighted by Crippen LogP contribution is -2.14. The van der Waals surface area contributed by atoms with Gasteiger partial charge in [-0.2, -0.15) is 4.52 Å². The normalized spacial score (nSPS) is 11.0. The first-order valence-electron chi connectivity index (χ1n) is 6.79. The van der Waals surface area contributed by atoms with Crippen molar-refractivity contribution in [3.63, 3.8) is 0 Å². The van der Waals surface area contributed by atoms with Crippen molar-refractivity contribution in [1.29, 1.82) is 0 Å². The maximum atomic E-state index is 11.8. The number of rotatable bonds is 4. The summed E-state index contributed by atoms with van der Waals surface area (Å²) < 4.78 is 1.34. The second-order valence-electron chi connectivity index (χ2n) is 4.94. The van der Waals surface area contributed by atoms with Crippen molar-refractivity contribution < 1.29 is 0 Å². The smallest absolute Gasteiger partial charge is 0.275 e. The number of fused-ring (bicyclic) bond motifs is 1. The lowest BCUT2D eigenvalue weighted by molar-refractivity contribution is 0.883. The highest BCUT2D eigenvalue weighted by molar-refractivity contribution is 7.20. The highest BCUT2D eigenvalue weighted by atomic mass is 32.1. The molecule has 0 spiro atoms. The van der Waals surface area contributed by atoms with E-state index in [2.05, 4.69) is 34.5 Å². The van der Waals surface area contributed by atoms with E-state index in [0.29, 0.717) is 4.96 Å². The second kappa shape index (κ2) is 5.65. The van der Waals surface area contributed by atoms with Gasteiger partial charge in [0.15, 0.2) is 0 Å². The van der Waals surface area contributed by atoms with Crippen LogP contribution in [-0.2, 0) is 6.42 Å². The zero-order chi connectivity index (χ0) is 14.8. The predicted octanol–water partition coefficient (Wildman–Crippen LogP) is 2.42. The first kappa shape index (κ1) is 13.8. The Kier molecular flexibility index (Phi) is 3.70. The van der Waals surface area contributed by atoms with Gasteiger partial charge >= 0.3 is 0 Å². The quantitative estimate of drug-likeness (QED) is 0.804. The molecule has 0 saturated heterocycles. The van der Waals surface area contributed by atoms with E-state index < -0.39 is 0 Å². The fourth-order valence-corrected chi connectivity index (χ4v) is 3.06. The standard InChI is InChI=1S/C15H16N4OS/c1-10-5-3-4-6-12(10)7-8-16-14-18-19-13(20)9-11(2)17-15(19)21-14/h3-6,9H,7-8H2,1-2H3,(H,16,18). The third kappa shape index (κ3) is 2.95. The molecule has 0 fully saturated rings. The lowest BCUT2D eigenvalue weighted by Gasteiger charge is -2.05. The highest BCUT2D eigenvalue weighted by Gasteiger charge is 2.07. The molecular formula is C15H16N4OS. The molecule has 6 heteroatoms. The minimum atomic E-state index is -0.138. The monoisotopic (exact) mass is 300 g/mol. The van der Waals surface area contributed by atoms with Crippen molar-refractivity contribution in [2.75, 3.05) is 11.9 Å². The van der Waals surface area contributed by atoms with Gasteiger partial charge in [-0.3, -0.25) is 4.79 Å². The van der Waals surface area contributed by atoms with Crippen molar-refractivity contribution in [2.45, 2.75) is 20.3 Å². The summed E-state index contributed by atoms with van der Waals surface area (Å²) in [4.78, 5) is 16.7. The van der Waals surface area contributed by atoms with Crippen molar-refractivity contribution in [1.82, 2.24) is 14.6 Å². The molecule has 3 aromatic rings. The zero-order valence-corrected chi connectivity index (χ0v) is 12.8. The van der Waals surface area contributed by atoms with Gasteiger partial charge < -0.3 is 5.32 Å². The molecule has 1 aromatic carbocycles. The number of aromatic nitrogens is 3. The van der Waals surface area contributed by atoms with Crippen LogP contribution in [0.5, 0.6) is 0 Å². The van der Waals surface area contributed by atoms with Crippen LogP contribution >= 0.6 is 11.3 Å². The summed E-state index contributed by atoms with van der Waals surface area (Å²) in [5.74, 6) is 0. The molecule has 0 radical (unpaired) electrons. The van der Waals surface area contributed by atoms with Crippen LogP contribution in [0.2, 0.25) is 0 Å². The Morgan fingerprint density at radius 3 is 2.90 bits per heavy atom. The molecule has 5 nitrogen and oxygen atoms in total. The van der Waals surface area contributed by atoms with E-state index in [-0.39, 0.29) is 5.56 Å². The number of benzene rings is 1. The second-order valence-corrected chi connectivity index (χ2v) is 5.90. The van der Waals surface area contributed by atoms with Crippen LogP contribution in [0, 0.1) is 13.8 Å². The van der Waals surface area contributed by atoms with E-state index in [1.165, 1.54) is 33.0 Å². The average Bonchev–Trinajstić information content (AvgIpc) is 2.84. The Labute approximate surface area is 126 Å². The van der Waals surface area contributed by atoms with Gasteiger partial charge in [0.1, 0.15) is 0 Å². The lowest BCUT2D eigenvalue weighted by atomic mass is 10.1. The van der Waals surface area contributed by atoms with E-state index in [1.54, 1.807) is 0 Å². The summed E-state index contributed by atoms with van der Waals surface area (Å²) in [5, 5.41) is 8.24. The Hall–Kier alpha value is -2.21. The fourth-order valence-electron chi connectivity index (χ4n) is 2.19. The molecule has 0 unspecified atom stereocenters. The van der Waals surface area contributed by atoms with E-state index in [4.69, 9.17) is 0 Å². The third-order valence-corrected chi connectivity index (χ3v) is 4.17. The summed E-state index contributed by atoms with van der Waals surface area (Å²) in [7, 11) is 0. The SMILES string of the molecule is Cc1cc(=O)n2nc(NCCc3ccccc3C)sc2n1. The van der Waals surface area contributed by atoms with Gasteiger partial charge in [0.25, 0.3) is 5.56 Å². The van der Waals surface area contributed by atoms with E-state index >= 15 is 0 Å². The fraction of sp³-hybridized carbons (Fsp3) is 0.267. The average molecular weight is 300 g/mol. The molecule has 0 amide bonds. The van der Waals surface area contributed by atoms with Gasteiger partial charge in [0.2, 0.25) is 10.1 Å². The maximum Gasteiger partial charge on any atom is 0.275 e. The van der Waals surface area contributed by atoms with Gasteiger partial charge in [-0.15, -0.1) is 5.10 Å². The first-order chi connectivity index (χ1) is 10.1. The summed E-state index contributed by atoms with van der Waals surface area (Å²) in [5.41, 5.74) is 3.19. The molecule has 1 N–H and O–H groups in total. The number of anilines is 1. The Balaban J connectivity index is 1.73. The van der Waals surface area contributed by atoms with Crippen molar-refractivity contribution in [2.24, 2.45) is 0 Å². The number of aryl methyl sites for hydroxylation is 2. The minimum absolute atomic E-state index is 0.138. The molecule has 21 heavy (non-hydrogen) atoms. The number of hydrogen-bond donors (Lipinski definition) is 1.